The lowest BCUT2D eigenvalue weighted by Gasteiger charge is -2.16. The van der Waals surface area contributed by atoms with Gasteiger partial charge in [0.2, 0.25) is 11.8 Å². The molecule has 0 aromatic carbocycles. The Morgan fingerprint density at radius 3 is 2.83 bits per heavy atom. The third kappa shape index (κ3) is 3.57. The van der Waals surface area contributed by atoms with Crippen LogP contribution in [0.25, 0.3) is 10.6 Å². The first-order chi connectivity index (χ1) is 11.7. The number of hydrogen-bond acceptors (Lipinski definition) is 6. The van der Waals surface area contributed by atoms with Crippen LogP contribution < -0.4 is 9.64 Å². The molecule has 0 aliphatic heterocycles. The lowest BCUT2D eigenvalue weighted by molar-refractivity contribution is -0.117. The Kier molecular flexibility index (Phi) is 4.81. The van der Waals surface area contributed by atoms with E-state index in [-0.39, 0.29) is 12.3 Å². The number of amides is 1. The number of likely N-dealkylation sites (N-methyl/N-ethyl adjacent to an activating group) is 1. The second-order valence-electron chi connectivity index (χ2n) is 5.07. The third-order valence-electron chi connectivity index (χ3n) is 3.48. The first kappa shape index (κ1) is 16.1. The smallest absolute Gasteiger partial charge is 0.232 e. The van der Waals surface area contributed by atoms with Gasteiger partial charge >= 0.3 is 0 Å². The van der Waals surface area contributed by atoms with Crippen LogP contribution in [-0.4, -0.2) is 35.0 Å². The fraction of sp³-hybridized carbons (Fsp3) is 0.176. The van der Waals surface area contributed by atoms with E-state index in [1.807, 2.05) is 17.5 Å². The van der Waals surface area contributed by atoms with Crippen molar-refractivity contribution in [1.29, 1.82) is 0 Å². The van der Waals surface area contributed by atoms with Crippen molar-refractivity contribution in [2.24, 2.45) is 0 Å². The summed E-state index contributed by atoms with van der Waals surface area (Å²) in [5, 5.41) is 2.76. The Bertz CT molecular complexity index is 818. The second-order valence-corrected chi connectivity index (χ2v) is 5.93. The fourth-order valence-corrected chi connectivity index (χ4v) is 2.93. The normalized spacial score (nSPS) is 10.4. The molecule has 0 aliphatic carbocycles. The number of aromatic nitrogens is 3. The minimum atomic E-state index is -0.0509. The molecule has 0 fully saturated rings. The van der Waals surface area contributed by atoms with E-state index < -0.39 is 0 Å². The third-order valence-corrected chi connectivity index (χ3v) is 4.42. The quantitative estimate of drug-likeness (QED) is 0.714. The van der Waals surface area contributed by atoms with E-state index in [1.54, 1.807) is 49.8 Å². The maximum Gasteiger partial charge on any atom is 0.232 e. The van der Waals surface area contributed by atoms with Gasteiger partial charge < -0.3 is 9.64 Å². The zero-order chi connectivity index (χ0) is 16.9. The highest BCUT2D eigenvalue weighted by Crippen LogP contribution is 2.23. The number of nitrogens with zero attached hydrogens (tertiary/aromatic N) is 4. The number of ether oxygens (including phenoxy) is 1. The number of carbonyl (C=O) groups is 1. The molecule has 6 nitrogen and oxygen atoms in total. The Labute approximate surface area is 143 Å². The molecule has 0 N–H and O–H groups in total. The van der Waals surface area contributed by atoms with E-state index in [2.05, 4.69) is 15.0 Å². The van der Waals surface area contributed by atoms with Crippen molar-refractivity contribution in [3.8, 4) is 16.5 Å². The Morgan fingerprint density at radius 2 is 2.17 bits per heavy atom. The molecule has 0 spiro atoms. The average Bonchev–Trinajstić information content (AvgIpc) is 3.10. The summed E-state index contributed by atoms with van der Waals surface area (Å²) in [5.41, 5.74) is 2.41. The van der Waals surface area contributed by atoms with Crippen molar-refractivity contribution in [2.75, 3.05) is 19.1 Å². The van der Waals surface area contributed by atoms with Crippen LogP contribution >= 0.6 is 11.3 Å². The van der Waals surface area contributed by atoms with Gasteiger partial charge in [0.25, 0.3) is 0 Å². The molecule has 3 rings (SSSR count). The predicted octanol–water partition coefficient (Wildman–Crippen LogP) is 2.81. The molecule has 0 unspecified atom stereocenters. The van der Waals surface area contributed by atoms with Crippen LogP contribution in [0.15, 0.2) is 48.2 Å². The molecular weight excluding hydrogens is 324 g/mol. The van der Waals surface area contributed by atoms with Gasteiger partial charge in [-0.25, -0.2) is 9.97 Å². The number of thiazole rings is 1. The van der Waals surface area contributed by atoms with Crippen molar-refractivity contribution in [3.05, 3.63) is 53.9 Å². The van der Waals surface area contributed by atoms with E-state index in [1.165, 1.54) is 11.3 Å². The van der Waals surface area contributed by atoms with Gasteiger partial charge in [0, 0.05) is 36.5 Å². The summed E-state index contributed by atoms with van der Waals surface area (Å²) in [6.07, 6.45) is 5.33. The number of rotatable bonds is 5. The van der Waals surface area contributed by atoms with Crippen LogP contribution in [-0.2, 0) is 11.2 Å². The summed E-state index contributed by atoms with van der Waals surface area (Å²) in [7, 11) is 3.28. The molecular formula is C17H16N4O2S. The van der Waals surface area contributed by atoms with Crippen LogP contribution in [0.4, 0.5) is 5.69 Å². The van der Waals surface area contributed by atoms with Crippen LogP contribution in [0.5, 0.6) is 5.88 Å². The SMILES string of the molecule is COc1ccc(N(C)C(=O)Cc2csc(-c3cccnc3)n2)cn1. The van der Waals surface area contributed by atoms with Gasteiger partial charge in [-0.1, -0.05) is 0 Å². The first-order valence-electron chi connectivity index (χ1n) is 7.29. The summed E-state index contributed by atoms with van der Waals surface area (Å²) >= 11 is 1.51. The summed E-state index contributed by atoms with van der Waals surface area (Å²) in [6.45, 7) is 0. The number of pyridine rings is 2. The largest absolute Gasteiger partial charge is 0.481 e. The van der Waals surface area contributed by atoms with Crippen LogP contribution in [0, 0.1) is 0 Å². The summed E-state index contributed by atoms with van der Waals surface area (Å²) in [5.74, 6) is 0.463. The highest BCUT2D eigenvalue weighted by atomic mass is 32.1. The van der Waals surface area contributed by atoms with Gasteiger partial charge in [-0.05, 0) is 18.2 Å². The van der Waals surface area contributed by atoms with Crippen LogP contribution in [0.1, 0.15) is 5.69 Å². The Hall–Kier alpha value is -2.80. The van der Waals surface area contributed by atoms with Crippen molar-refractivity contribution in [3.63, 3.8) is 0 Å². The van der Waals surface area contributed by atoms with E-state index >= 15 is 0 Å². The van der Waals surface area contributed by atoms with Gasteiger partial charge in [-0.2, -0.15) is 0 Å². The molecule has 122 valence electrons. The molecule has 3 aromatic rings. The van der Waals surface area contributed by atoms with Gasteiger partial charge in [-0.15, -0.1) is 11.3 Å². The van der Waals surface area contributed by atoms with E-state index in [9.17, 15) is 4.79 Å². The lowest BCUT2D eigenvalue weighted by atomic mass is 10.2. The molecule has 3 heterocycles. The van der Waals surface area contributed by atoms with E-state index in [0.29, 0.717) is 11.6 Å². The van der Waals surface area contributed by atoms with Crippen molar-refractivity contribution < 1.29 is 9.53 Å². The Morgan fingerprint density at radius 1 is 1.29 bits per heavy atom. The number of anilines is 1. The molecule has 0 atom stereocenters. The maximum absolute atomic E-state index is 12.4. The van der Waals surface area contributed by atoms with Gasteiger partial charge in [0.1, 0.15) is 5.01 Å². The molecule has 0 saturated carbocycles. The number of methoxy groups -OCH3 is 1. The van der Waals surface area contributed by atoms with Gasteiger partial charge in [0.15, 0.2) is 0 Å². The topological polar surface area (TPSA) is 68.2 Å². The molecule has 0 aliphatic rings. The molecule has 0 radical (unpaired) electrons. The van der Waals surface area contributed by atoms with E-state index in [0.717, 1.165) is 16.3 Å². The minimum Gasteiger partial charge on any atom is -0.481 e. The zero-order valence-corrected chi connectivity index (χ0v) is 14.2. The summed E-state index contributed by atoms with van der Waals surface area (Å²) in [4.78, 5) is 26.7. The standard InChI is InChI=1S/C17H16N4O2S/c1-21(14-5-6-15(23-2)19-10-14)16(22)8-13-11-24-17(20-13)12-4-3-7-18-9-12/h3-7,9-11H,8H2,1-2H3. The lowest BCUT2D eigenvalue weighted by Crippen LogP contribution is -2.28. The highest BCUT2D eigenvalue weighted by molar-refractivity contribution is 7.13. The van der Waals surface area contributed by atoms with Crippen molar-refractivity contribution >= 4 is 22.9 Å². The van der Waals surface area contributed by atoms with E-state index in [4.69, 9.17) is 4.74 Å². The molecule has 24 heavy (non-hydrogen) atoms. The maximum atomic E-state index is 12.4. The molecule has 0 bridgehead atoms. The van der Waals surface area contributed by atoms with Gasteiger partial charge in [-0.3, -0.25) is 9.78 Å². The molecule has 7 heteroatoms. The fourth-order valence-electron chi connectivity index (χ4n) is 2.12. The Balaban J connectivity index is 1.69. The minimum absolute atomic E-state index is 0.0509. The summed E-state index contributed by atoms with van der Waals surface area (Å²) < 4.78 is 5.02. The second kappa shape index (κ2) is 7.18. The highest BCUT2D eigenvalue weighted by Gasteiger charge is 2.14. The van der Waals surface area contributed by atoms with Crippen molar-refractivity contribution in [2.45, 2.75) is 6.42 Å². The van der Waals surface area contributed by atoms with Crippen LogP contribution in [0.3, 0.4) is 0 Å². The number of hydrogen-bond donors (Lipinski definition) is 0. The average molecular weight is 340 g/mol. The van der Waals surface area contributed by atoms with Gasteiger partial charge in [0.05, 0.1) is 31.1 Å². The zero-order valence-electron chi connectivity index (χ0n) is 13.3. The molecule has 0 saturated heterocycles. The van der Waals surface area contributed by atoms with Crippen molar-refractivity contribution in [1.82, 2.24) is 15.0 Å². The first-order valence-corrected chi connectivity index (χ1v) is 8.16. The molecule has 3 aromatic heterocycles. The van der Waals surface area contributed by atoms with Crippen LogP contribution in [0.2, 0.25) is 0 Å². The predicted molar refractivity (Wildman–Crippen MR) is 93.2 cm³/mol. The number of carbonyl (C=O) groups excluding carboxylic acids is 1. The molecule has 1 amide bonds. The monoisotopic (exact) mass is 340 g/mol. The summed E-state index contributed by atoms with van der Waals surface area (Å²) in [6, 6.07) is 7.34.